The molecule has 126 valence electrons. The molecule has 0 bridgehead atoms. The zero-order valence-electron chi connectivity index (χ0n) is 13.7. The second kappa shape index (κ2) is 8.11. The molecule has 0 aromatic heterocycles. The molecule has 0 aliphatic carbocycles. The van der Waals surface area contributed by atoms with Crippen molar-refractivity contribution < 1.29 is 19.4 Å². The molecule has 5 nitrogen and oxygen atoms in total. The molecule has 1 aliphatic rings. The molecule has 0 spiro atoms. The highest BCUT2D eigenvalue weighted by Gasteiger charge is 2.25. The number of amides is 1. The quantitative estimate of drug-likeness (QED) is 0.845. The molecule has 0 saturated carbocycles. The van der Waals surface area contributed by atoms with Gasteiger partial charge in [-0.1, -0.05) is 32.0 Å². The highest BCUT2D eigenvalue weighted by molar-refractivity contribution is 5.89. The minimum Gasteiger partial charge on any atom is -0.478 e. The summed E-state index contributed by atoms with van der Waals surface area (Å²) in [5, 5.41) is 12.2. The van der Waals surface area contributed by atoms with Crippen molar-refractivity contribution in [1.82, 2.24) is 5.32 Å². The lowest BCUT2D eigenvalue weighted by Crippen LogP contribution is -2.43. The first-order chi connectivity index (χ1) is 11.0. The first kappa shape index (κ1) is 17.5. The summed E-state index contributed by atoms with van der Waals surface area (Å²) in [7, 11) is 0. The van der Waals surface area contributed by atoms with E-state index in [0.717, 1.165) is 12.8 Å². The van der Waals surface area contributed by atoms with E-state index in [4.69, 9.17) is 9.84 Å². The van der Waals surface area contributed by atoms with E-state index in [-0.39, 0.29) is 23.6 Å². The number of carbonyl (C=O) groups excluding carboxylic acids is 1. The standard InChI is InChI=1S/C18H25NO4/c1-12(2)16-11-14(9-10-23-16)19-17(20)8-7-13-5-3-4-6-15(13)18(21)22/h3-6,12,14,16H,7-11H2,1-2H3,(H,19,20)(H,21,22). The highest BCUT2D eigenvalue weighted by Crippen LogP contribution is 2.20. The van der Waals surface area contributed by atoms with E-state index in [1.165, 1.54) is 0 Å². The Balaban J connectivity index is 1.85. The topological polar surface area (TPSA) is 75.6 Å². The van der Waals surface area contributed by atoms with Gasteiger partial charge in [-0.05, 0) is 36.8 Å². The van der Waals surface area contributed by atoms with Crippen LogP contribution in [0.25, 0.3) is 0 Å². The number of carbonyl (C=O) groups is 2. The molecule has 1 amide bonds. The minimum absolute atomic E-state index is 0.0282. The maximum absolute atomic E-state index is 12.1. The van der Waals surface area contributed by atoms with Crippen LogP contribution in [-0.2, 0) is 16.0 Å². The Morgan fingerprint density at radius 2 is 2.09 bits per heavy atom. The number of benzene rings is 1. The third-order valence-corrected chi connectivity index (χ3v) is 4.29. The van der Waals surface area contributed by atoms with E-state index >= 15 is 0 Å². The average molecular weight is 319 g/mol. The number of hydrogen-bond donors (Lipinski definition) is 2. The van der Waals surface area contributed by atoms with Gasteiger partial charge in [-0.2, -0.15) is 0 Å². The van der Waals surface area contributed by atoms with E-state index in [0.29, 0.717) is 30.9 Å². The molecular formula is C18H25NO4. The average Bonchev–Trinajstić information content (AvgIpc) is 2.53. The fraction of sp³-hybridized carbons (Fsp3) is 0.556. The second-order valence-electron chi connectivity index (χ2n) is 6.40. The van der Waals surface area contributed by atoms with Gasteiger partial charge < -0.3 is 15.2 Å². The van der Waals surface area contributed by atoms with Crippen molar-refractivity contribution in [1.29, 1.82) is 0 Å². The van der Waals surface area contributed by atoms with Crippen molar-refractivity contribution in [3.8, 4) is 0 Å². The molecule has 1 aliphatic heterocycles. The Hall–Kier alpha value is -1.88. The van der Waals surface area contributed by atoms with Crippen molar-refractivity contribution in [2.45, 2.75) is 51.7 Å². The Bertz CT molecular complexity index is 556. The first-order valence-electron chi connectivity index (χ1n) is 8.19. The van der Waals surface area contributed by atoms with E-state index in [1.54, 1.807) is 24.3 Å². The van der Waals surface area contributed by atoms with Crippen molar-refractivity contribution in [2.75, 3.05) is 6.61 Å². The van der Waals surface area contributed by atoms with Crippen molar-refractivity contribution >= 4 is 11.9 Å². The van der Waals surface area contributed by atoms with Crippen LogP contribution in [0.1, 0.15) is 49.0 Å². The summed E-state index contributed by atoms with van der Waals surface area (Å²) in [5.41, 5.74) is 0.966. The summed E-state index contributed by atoms with van der Waals surface area (Å²) in [6, 6.07) is 6.98. The zero-order valence-corrected chi connectivity index (χ0v) is 13.7. The van der Waals surface area contributed by atoms with Crippen LogP contribution in [0.3, 0.4) is 0 Å². The van der Waals surface area contributed by atoms with Gasteiger partial charge in [-0.25, -0.2) is 4.79 Å². The summed E-state index contributed by atoms with van der Waals surface area (Å²) in [4.78, 5) is 23.3. The van der Waals surface area contributed by atoms with Crippen molar-refractivity contribution in [2.24, 2.45) is 5.92 Å². The van der Waals surface area contributed by atoms with Gasteiger partial charge in [0.2, 0.25) is 5.91 Å². The van der Waals surface area contributed by atoms with Crippen molar-refractivity contribution in [3.63, 3.8) is 0 Å². The van der Waals surface area contributed by atoms with Gasteiger partial charge in [0.05, 0.1) is 11.7 Å². The minimum atomic E-state index is -0.954. The smallest absolute Gasteiger partial charge is 0.335 e. The molecule has 1 aromatic carbocycles. The molecule has 1 aromatic rings. The summed E-state index contributed by atoms with van der Waals surface area (Å²) in [6.07, 6.45) is 2.61. The lowest BCUT2D eigenvalue weighted by atomic mass is 9.95. The third-order valence-electron chi connectivity index (χ3n) is 4.29. The number of ether oxygens (including phenoxy) is 1. The van der Waals surface area contributed by atoms with Crippen molar-refractivity contribution in [3.05, 3.63) is 35.4 Å². The number of aryl methyl sites for hydroxylation is 1. The molecule has 2 unspecified atom stereocenters. The SMILES string of the molecule is CC(C)C1CC(NC(=O)CCc2ccccc2C(=O)O)CCO1. The summed E-state index contributed by atoms with van der Waals surface area (Å²) >= 11 is 0. The van der Waals surface area contributed by atoms with Crippen LogP contribution in [-0.4, -0.2) is 35.7 Å². The number of nitrogens with one attached hydrogen (secondary N) is 1. The predicted octanol–water partition coefficient (Wildman–Crippen LogP) is 2.64. The van der Waals surface area contributed by atoms with Gasteiger partial charge in [-0.3, -0.25) is 4.79 Å². The second-order valence-corrected chi connectivity index (χ2v) is 6.40. The third kappa shape index (κ3) is 5.06. The Morgan fingerprint density at radius 1 is 1.35 bits per heavy atom. The number of rotatable bonds is 6. The van der Waals surface area contributed by atoms with E-state index in [1.807, 2.05) is 0 Å². The predicted molar refractivity (Wildman–Crippen MR) is 87.5 cm³/mol. The zero-order chi connectivity index (χ0) is 16.8. The molecule has 23 heavy (non-hydrogen) atoms. The lowest BCUT2D eigenvalue weighted by Gasteiger charge is -2.32. The van der Waals surface area contributed by atoms with Crippen LogP contribution >= 0.6 is 0 Å². The van der Waals surface area contributed by atoms with Crippen LogP contribution in [0.4, 0.5) is 0 Å². The van der Waals surface area contributed by atoms with E-state index in [2.05, 4.69) is 19.2 Å². The van der Waals surface area contributed by atoms with Crippen LogP contribution in [0.2, 0.25) is 0 Å². The van der Waals surface area contributed by atoms with Crippen LogP contribution in [0.15, 0.2) is 24.3 Å². The Labute approximate surface area is 137 Å². The molecule has 5 heteroatoms. The molecule has 0 radical (unpaired) electrons. The maximum atomic E-state index is 12.1. The first-order valence-corrected chi connectivity index (χ1v) is 8.19. The van der Waals surface area contributed by atoms with Crippen LogP contribution in [0, 0.1) is 5.92 Å². The van der Waals surface area contributed by atoms with Gasteiger partial charge in [0.1, 0.15) is 0 Å². The monoisotopic (exact) mass is 319 g/mol. The molecule has 2 N–H and O–H groups in total. The fourth-order valence-electron chi connectivity index (χ4n) is 2.92. The number of carboxylic acid groups (broad SMARTS) is 1. The van der Waals surface area contributed by atoms with Gasteiger partial charge in [0.25, 0.3) is 0 Å². The number of aromatic carboxylic acids is 1. The van der Waals surface area contributed by atoms with E-state index in [9.17, 15) is 9.59 Å². The van der Waals surface area contributed by atoms with Gasteiger partial charge >= 0.3 is 5.97 Å². The van der Waals surface area contributed by atoms with Crippen LogP contribution < -0.4 is 5.32 Å². The van der Waals surface area contributed by atoms with Gasteiger partial charge in [0.15, 0.2) is 0 Å². The normalized spacial score (nSPS) is 21.2. The molecule has 1 fully saturated rings. The molecular weight excluding hydrogens is 294 g/mol. The Morgan fingerprint density at radius 3 is 2.78 bits per heavy atom. The summed E-state index contributed by atoms with van der Waals surface area (Å²) in [6.45, 7) is 4.92. The maximum Gasteiger partial charge on any atom is 0.335 e. The largest absolute Gasteiger partial charge is 0.478 e. The number of hydrogen-bond acceptors (Lipinski definition) is 3. The van der Waals surface area contributed by atoms with Gasteiger partial charge in [-0.15, -0.1) is 0 Å². The lowest BCUT2D eigenvalue weighted by molar-refractivity contribution is -0.123. The molecule has 2 rings (SSSR count). The summed E-state index contributed by atoms with van der Waals surface area (Å²) in [5.74, 6) is -0.540. The fourth-order valence-corrected chi connectivity index (χ4v) is 2.92. The Kier molecular flexibility index (Phi) is 6.16. The summed E-state index contributed by atoms with van der Waals surface area (Å²) < 4.78 is 5.71. The van der Waals surface area contributed by atoms with Gasteiger partial charge in [0, 0.05) is 19.1 Å². The van der Waals surface area contributed by atoms with E-state index < -0.39 is 5.97 Å². The molecule has 1 heterocycles. The molecule has 1 saturated heterocycles. The van der Waals surface area contributed by atoms with Crippen LogP contribution in [0.5, 0.6) is 0 Å². The molecule has 2 atom stereocenters. The number of carboxylic acids is 1. The highest BCUT2D eigenvalue weighted by atomic mass is 16.5.